The van der Waals surface area contributed by atoms with Crippen molar-refractivity contribution in [3.63, 3.8) is 0 Å². The quantitative estimate of drug-likeness (QED) is 0.831. The summed E-state index contributed by atoms with van der Waals surface area (Å²) in [5, 5.41) is 11.1. The van der Waals surface area contributed by atoms with Crippen LogP contribution in [-0.4, -0.2) is 24.0 Å². The van der Waals surface area contributed by atoms with Crippen LogP contribution < -0.4 is 5.32 Å². The molecule has 0 aromatic heterocycles. The molecule has 4 nitrogen and oxygen atoms in total. The third kappa shape index (κ3) is 4.51. The van der Waals surface area contributed by atoms with Gasteiger partial charge in [-0.2, -0.15) is 13.2 Å². The summed E-state index contributed by atoms with van der Waals surface area (Å²) in [7, 11) is 0. The Morgan fingerprint density at radius 2 is 1.56 bits per heavy atom. The predicted molar refractivity (Wildman–Crippen MR) is 85.6 cm³/mol. The summed E-state index contributed by atoms with van der Waals surface area (Å²) in [4.78, 5) is 12.0. The van der Waals surface area contributed by atoms with Crippen LogP contribution in [0.4, 0.5) is 18.0 Å². The fraction of sp³-hybridized carbons (Fsp3) is 0.278. The minimum absolute atomic E-state index is 0.158. The highest BCUT2D eigenvalue weighted by atomic mass is 19.4. The number of benzene rings is 2. The van der Waals surface area contributed by atoms with Gasteiger partial charge in [0.1, 0.15) is 6.61 Å². The van der Waals surface area contributed by atoms with E-state index < -0.39 is 30.8 Å². The van der Waals surface area contributed by atoms with Gasteiger partial charge in [-0.1, -0.05) is 60.7 Å². The van der Waals surface area contributed by atoms with Gasteiger partial charge in [-0.25, -0.2) is 4.79 Å². The summed E-state index contributed by atoms with van der Waals surface area (Å²) in [6.07, 6.45) is -6.75. The molecule has 1 unspecified atom stereocenters. The molecule has 1 atom stereocenters. The van der Waals surface area contributed by atoms with Crippen LogP contribution in [0.5, 0.6) is 0 Å². The number of nitrogens with one attached hydrogen (secondary N) is 1. The average Bonchev–Trinajstić information content (AvgIpc) is 2.60. The van der Waals surface area contributed by atoms with Crippen LogP contribution in [0, 0.1) is 0 Å². The normalized spacial score (nSPS) is 13.8. The molecule has 134 valence electrons. The first kappa shape index (κ1) is 18.8. The number of amides is 1. The van der Waals surface area contributed by atoms with Crippen molar-refractivity contribution in [2.45, 2.75) is 24.7 Å². The molecule has 0 aliphatic carbocycles. The maximum absolute atomic E-state index is 13.8. The van der Waals surface area contributed by atoms with E-state index in [9.17, 15) is 18.0 Å². The van der Waals surface area contributed by atoms with Crippen molar-refractivity contribution in [2.24, 2.45) is 0 Å². The van der Waals surface area contributed by atoms with Crippen LogP contribution in [0.3, 0.4) is 0 Å². The molecule has 0 aliphatic heterocycles. The standard InChI is InChI=1S/C18H18F3NO3/c19-18(20,21)17(11-12-23,15-9-5-2-6-10-15)22-16(24)25-13-14-7-3-1-4-8-14/h1-10,23H,11-13H2,(H,22,24). The molecule has 0 saturated heterocycles. The van der Waals surface area contributed by atoms with Gasteiger partial charge in [-0.3, -0.25) is 0 Å². The van der Waals surface area contributed by atoms with Gasteiger partial charge < -0.3 is 15.2 Å². The molecule has 1 amide bonds. The van der Waals surface area contributed by atoms with Gasteiger partial charge in [0.05, 0.1) is 0 Å². The van der Waals surface area contributed by atoms with E-state index in [1.54, 1.807) is 36.4 Å². The first-order chi connectivity index (χ1) is 11.9. The number of aliphatic hydroxyl groups excluding tert-OH is 1. The maximum atomic E-state index is 13.8. The second-order valence-electron chi connectivity index (χ2n) is 5.43. The van der Waals surface area contributed by atoms with Crippen molar-refractivity contribution >= 4 is 6.09 Å². The summed E-state index contributed by atoms with van der Waals surface area (Å²) in [6, 6.07) is 15.5. The number of carbonyl (C=O) groups is 1. The molecule has 0 aliphatic rings. The lowest BCUT2D eigenvalue weighted by molar-refractivity contribution is -0.203. The molecule has 25 heavy (non-hydrogen) atoms. The average molecular weight is 353 g/mol. The number of hydrogen-bond donors (Lipinski definition) is 2. The van der Waals surface area contributed by atoms with E-state index >= 15 is 0 Å². The highest BCUT2D eigenvalue weighted by Crippen LogP contribution is 2.41. The highest BCUT2D eigenvalue weighted by molar-refractivity contribution is 5.69. The zero-order valence-corrected chi connectivity index (χ0v) is 13.3. The number of rotatable bonds is 6. The minimum atomic E-state index is -4.82. The first-order valence-corrected chi connectivity index (χ1v) is 7.61. The molecular weight excluding hydrogens is 335 g/mol. The summed E-state index contributed by atoms with van der Waals surface area (Å²) in [6.45, 7) is -0.915. The van der Waals surface area contributed by atoms with Crippen molar-refractivity contribution in [2.75, 3.05) is 6.61 Å². The molecule has 2 aromatic rings. The number of alkyl halides is 3. The number of carbonyl (C=O) groups excluding carboxylic acids is 1. The van der Waals surface area contributed by atoms with Gasteiger partial charge in [0.25, 0.3) is 0 Å². The fourth-order valence-electron chi connectivity index (χ4n) is 2.48. The molecule has 0 heterocycles. The van der Waals surface area contributed by atoms with E-state index in [0.29, 0.717) is 5.56 Å². The van der Waals surface area contributed by atoms with Crippen molar-refractivity contribution < 1.29 is 27.8 Å². The third-order valence-electron chi connectivity index (χ3n) is 3.77. The lowest BCUT2D eigenvalue weighted by atomic mass is 9.86. The summed E-state index contributed by atoms with van der Waals surface area (Å²) < 4.78 is 46.3. The van der Waals surface area contributed by atoms with Gasteiger partial charge in [0.15, 0.2) is 5.54 Å². The smallest absolute Gasteiger partial charge is 0.415 e. The molecule has 0 bridgehead atoms. The second kappa shape index (κ2) is 8.02. The van der Waals surface area contributed by atoms with Crippen molar-refractivity contribution in [1.29, 1.82) is 0 Å². The molecule has 7 heteroatoms. The van der Waals surface area contributed by atoms with E-state index in [1.165, 1.54) is 24.3 Å². The molecule has 0 spiro atoms. The third-order valence-corrected chi connectivity index (χ3v) is 3.77. The Kier molecular flexibility index (Phi) is 6.03. The zero-order chi connectivity index (χ0) is 18.3. The van der Waals surface area contributed by atoms with Gasteiger partial charge in [0, 0.05) is 13.0 Å². The fourth-order valence-corrected chi connectivity index (χ4v) is 2.48. The Bertz CT molecular complexity index is 677. The first-order valence-electron chi connectivity index (χ1n) is 7.61. The number of halogens is 3. The Hall–Kier alpha value is -2.54. The van der Waals surface area contributed by atoms with E-state index in [0.717, 1.165) is 0 Å². The molecule has 0 fully saturated rings. The Morgan fingerprint density at radius 3 is 2.08 bits per heavy atom. The molecule has 2 aromatic carbocycles. The zero-order valence-electron chi connectivity index (χ0n) is 13.3. The van der Waals surface area contributed by atoms with Crippen LogP contribution in [-0.2, 0) is 16.9 Å². The molecule has 0 saturated carbocycles. The Labute approximate surface area is 143 Å². The largest absolute Gasteiger partial charge is 0.445 e. The van der Waals surface area contributed by atoms with Gasteiger partial charge in [-0.15, -0.1) is 0 Å². The van der Waals surface area contributed by atoms with E-state index in [-0.39, 0.29) is 12.2 Å². The van der Waals surface area contributed by atoms with E-state index in [4.69, 9.17) is 9.84 Å². The monoisotopic (exact) mass is 353 g/mol. The van der Waals surface area contributed by atoms with Crippen LogP contribution >= 0.6 is 0 Å². The number of ether oxygens (including phenoxy) is 1. The number of aliphatic hydroxyl groups is 1. The molecule has 2 N–H and O–H groups in total. The van der Waals surface area contributed by atoms with Crippen LogP contribution in [0.2, 0.25) is 0 Å². The van der Waals surface area contributed by atoms with Gasteiger partial charge in [0.2, 0.25) is 0 Å². The van der Waals surface area contributed by atoms with Crippen molar-refractivity contribution in [3.8, 4) is 0 Å². The van der Waals surface area contributed by atoms with Crippen LogP contribution in [0.15, 0.2) is 60.7 Å². The lowest BCUT2D eigenvalue weighted by Crippen LogP contribution is -2.56. The van der Waals surface area contributed by atoms with E-state index in [2.05, 4.69) is 0 Å². The second-order valence-corrected chi connectivity index (χ2v) is 5.43. The SMILES string of the molecule is O=C(NC(CCO)(c1ccccc1)C(F)(F)F)OCc1ccccc1. The number of alkyl carbamates (subject to hydrolysis) is 1. The number of hydrogen-bond acceptors (Lipinski definition) is 3. The Morgan fingerprint density at radius 1 is 1.00 bits per heavy atom. The highest BCUT2D eigenvalue weighted by Gasteiger charge is 2.56. The summed E-state index contributed by atoms with van der Waals surface area (Å²) in [5.41, 5.74) is -2.25. The summed E-state index contributed by atoms with van der Waals surface area (Å²) >= 11 is 0. The minimum Gasteiger partial charge on any atom is -0.445 e. The Balaban J connectivity index is 2.22. The summed E-state index contributed by atoms with van der Waals surface area (Å²) in [5.74, 6) is 0. The van der Waals surface area contributed by atoms with Gasteiger partial charge in [-0.05, 0) is 11.1 Å². The van der Waals surface area contributed by atoms with Crippen molar-refractivity contribution in [1.82, 2.24) is 5.32 Å². The molecule has 2 rings (SSSR count). The topological polar surface area (TPSA) is 58.6 Å². The maximum Gasteiger partial charge on any atom is 0.415 e. The van der Waals surface area contributed by atoms with Gasteiger partial charge >= 0.3 is 12.3 Å². The predicted octanol–water partition coefficient (Wildman–Crippen LogP) is 3.75. The van der Waals surface area contributed by atoms with Crippen LogP contribution in [0.1, 0.15) is 17.5 Å². The molecular formula is C18H18F3NO3. The van der Waals surface area contributed by atoms with Crippen LogP contribution in [0.25, 0.3) is 0 Å². The van der Waals surface area contributed by atoms with Crippen molar-refractivity contribution in [3.05, 3.63) is 71.8 Å². The van der Waals surface area contributed by atoms with E-state index in [1.807, 2.05) is 5.32 Å². The lowest BCUT2D eigenvalue weighted by Gasteiger charge is -2.36. The molecule has 0 radical (unpaired) electrons.